The quantitative estimate of drug-likeness (QED) is 0.859. The van der Waals surface area contributed by atoms with Gasteiger partial charge in [0.25, 0.3) is 5.91 Å². The van der Waals surface area contributed by atoms with E-state index in [0.29, 0.717) is 5.92 Å². The van der Waals surface area contributed by atoms with Gasteiger partial charge in [0.05, 0.1) is 5.56 Å². The standard InChI is InChI=1S/C14H19FN2O/c1-9-3-4-13(15)12(7-9)14(18)17-10(2)11-5-6-16-8-11/h3-4,7,10-11,16H,5-6,8H2,1-2H3,(H,17,18). The Kier molecular flexibility index (Phi) is 3.97. The molecule has 0 radical (unpaired) electrons. The van der Waals surface area contributed by atoms with Crippen LogP contribution in [0, 0.1) is 18.7 Å². The largest absolute Gasteiger partial charge is 0.349 e. The average Bonchev–Trinajstić information content (AvgIpc) is 2.85. The molecule has 98 valence electrons. The minimum absolute atomic E-state index is 0.0624. The van der Waals surface area contributed by atoms with Gasteiger partial charge in [-0.05, 0) is 51.4 Å². The number of carbonyl (C=O) groups excluding carboxylic acids is 1. The highest BCUT2D eigenvalue weighted by Crippen LogP contribution is 2.14. The highest BCUT2D eigenvalue weighted by atomic mass is 19.1. The molecule has 0 aliphatic carbocycles. The smallest absolute Gasteiger partial charge is 0.254 e. The third-order valence-corrected chi connectivity index (χ3v) is 3.53. The van der Waals surface area contributed by atoms with E-state index in [1.807, 2.05) is 13.8 Å². The molecule has 4 heteroatoms. The van der Waals surface area contributed by atoms with Gasteiger partial charge in [-0.15, -0.1) is 0 Å². The van der Waals surface area contributed by atoms with Crippen LogP contribution in [0.25, 0.3) is 0 Å². The lowest BCUT2D eigenvalue weighted by Crippen LogP contribution is -2.39. The van der Waals surface area contributed by atoms with Gasteiger partial charge in [0.2, 0.25) is 0 Å². The molecule has 1 amide bonds. The molecule has 2 atom stereocenters. The molecule has 0 bridgehead atoms. The summed E-state index contributed by atoms with van der Waals surface area (Å²) in [4.78, 5) is 12.0. The Morgan fingerprint density at radius 1 is 1.56 bits per heavy atom. The van der Waals surface area contributed by atoms with Crippen LogP contribution in [0.5, 0.6) is 0 Å². The monoisotopic (exact) mass is 250 g/mol. The van der Waals surface area contributed by atoms with Crippen molar-refractivity contribution in [3.8, 4) is 0 Å². The fourth-order valence-electron chi connectivity index (χ4n) is 2.32. The minimum Gasteiger partial charge on any atom is -0.349 e. The Morgan fingerprint density at radius 2 is 2.33 bits per heavy atom. The summed E-state index contributed by atoms with van der Waals surface area (Å²) in [5, 5.41) is 6.15. The number of hydrogen-bond acceptors (Lipinski definition) is 2. The van der Waals surface area contributed by atoms with Gasteiger partial charge in [-0.1, -0.05) is 11.6 Å². The molecule has 0 saturated carbocycles. The zero-order chi connectivity index (χ0) is 13.1. The maximum absolute atomic E-state index is 13.6. The summed E-state index contributed by atoms with van der Waals surface area (Å²) in [5.41, 5.74) is 1.02. The van der Waals surface area contributed by atoms with Gasteiger partial charge in [0, 0.05) is 6.04 Å². The van der Waals surface area contributed by atoms with E-state index in [9.17, 15) is 9.18 Å². The van der Waals surface area contributed by atoms with E-state index in [1.54, 1.807) is 12.1 Å². The molecule has 1 aromatic carbocycles. The molecule has 2 N–H and O–H groups in total. The summed E-state index contributed by atoms with van der Waals surface area (Å²) in [7, 11) is 0. The second-order valence-corrected chi connectivity index (χ2v) is 5.00. The van der Waals surface area contributed by atoms with Crippen molar-refractivity contribution in [1.82, 2.24) is 10.6 Å². The fraction of sp³-hybridized carbons (Fsp3) is 0.500. The Bertz CT molecular complexity index is 441. The number of amides is 1. The van der Waals surface area contributed by atoms with Gasteiger partial charge < -0.3 is 10.6 Å². The zero-order valence-electron chi connectivity index (χ0n) is 10.8. The molecule has 1 aliphatic heterocycles. The van der Waals surface area contributed by atoms with E-state index in [1.165, 1.54) is 6.07 Å². The van der Waals surface area contributed by atoms with Crippen LogP contribution >= 0.6 is 0 Å². The lowest BCUT2D eigenvalue weighted by molar-refractivity contribution is 0.0924. The second-order valence-electron chi connectivity index (χ2n) is 5.00. The molecule has 2 unspecified atom stereocenters. The summed E-state index contributed by atoms with van der Waals surface area (Å²) < 4.78 is 13.6. The van der Waals surface area contributed by atoms with Crippen molar-refractivity contribution in [1.29, 1.82) is 0 Å². The van der Waals surface area contributed by atoms with Crippen molar-refractivity contribution in [3.05, 3.63) is 35.1 Å². The van der Waals surface area contributed by atoms with E-state index in [0.717, 1.165) is 25.1 Å². The highest BCUT2D eigenvalue weighted by molar-refractivity contribution is 5.94. The van der Waals surface area contributed by atoms with E-state index in [-0.39, 0.29) is 17.5 Å². The van der Waals surface area contributed by atoms with Gasteiger partial charge >= 0.3 is 0 Å². The predicted molar refractivity (Wildman–Crippen MR) is 69.0 cm³/mol. The first-order valence-electron chi connectivity index (χ1n) is 6.35. The van der Waals surface area contributed by atoms with Crippen molar-refractivity contribution in [2.75, 3.05) is 13.1 Å². The van der Waals surface area contributed by atoms with E-state index in [2.05, 4.69) is 10.6 Å². The summed E-state index contributed by atoms with van der Waals surface area (Å²) in [6.07, 6.45) is 1.05. The number of nitrogens with one attached hydrogen (secondary N) is 2. The van der Waals surface area contributed by atoms with Crippen LogP contribution in [0.2, 0.25) is 0 Å². The second kappa shape index (κ2) is 5.48. The van der Waals surface area contributed by atoms with Crippen LogP contribution in [0.3, 0.4) is 0 Å². The third kappa shape index (κ3) is 2.88. The Morgan fingerprint density at radius 3 is 3.00 bits per heavy atom. The van der Waals surface area contributed by atoms with Gasteiger partial charge in [0.15, 0.2) is 0 Å². The molecule has 3 nitrogen and oxygen atoms in total. The molecule has 2 rings (SSSR count). The molecule has 0 spiro atoms. The Hall–Kier alpha value is -1.42. The number of hydrogen-bond donors (Lipinski definition) is 2. The molecule has 1 fully saturated rings. The van der Waals surface area contributed by atoms with E-state index in [4.69, 9.17) is 0 Å². The zero-order valence-corrected chi connectivity index (χ0v) is 10.8. The van der Waals surface area contributed by atoms with Crippen molar-refractivity contribution in [2.45, 2.75) is 26.3 Å². The molecule has 18 heavy (non-hydrogen) atoms. The first-order chi connectivity index (χ1) is 8.58. The molecular weight excluding hydrogens is 231 g/mol. The summed E-state index contributed by atoms with van der Waals surface area (Å²) in [6, 6.07) is 4.65. The summed E-state index contributed by atoms with van der Waals surface area (Å²) in [6.45, 7) is 5.73. The SMILES string of the molecule is Cc1ccc(F)c(C(=O)NC(C)C2CCNC2)c1. The maximum Gasteiger partial charge on any atom is 0.254 e. The molecule has 1 aliphatic rings. The lowest BCUT2D eigenvalue weighted by atomic mass is 10.00. The van der Waals surface area contributed by atoms with Crippen LogP contribution in [0.15, 0.2) is 18.2 Å². The van der Waals surface area contributed by atoms with E-state index >= 15 is 0 Å². The van der Waals surface area contributed by atoms with Gasteiger partial charge in [-0.3, -0.25) is 4.79 Å². The Balaban J connectivity index is 2.04. The van der Waals surface area contributed by atoms with Gasteiger partial charge in [-0.2, -0.15) is 0 Å². The average molecular weight is 250 g/mol. The Labute approximate surface area is 107 Å². The van der Waals surface area contributed by atoms with Crippen LogP contribution in [-0.2, 0) is 0 Å². The van der Waals surface area contributed by atoms with E-state index < -0.39 is 5.82 Å². The normalized spacial score (nSPS) is 20.7. The predicted octanol–water partition coefficient (Wildman–Crippen LogP) is 1.86. The first kappa shape index (κ1) is 13.0. The van der Waals surface area contributed by atoms with Crippen LogP contribution in [0.1, 0.15) is 29.3 Å². The number of halogens is 1. The van der Waals surface area contributed by atoms with Crippen molar-refractivity contribution >= 4 is 5.91 Å². The highest BCUT2D eigenvalue weighted by Gasteiger charge is 2.23. The van der Waals surface area contributed by atoms with Crippen molar-refractivity contribution < 1.29 is 9.18 Å². The van der Waals surface area contributed by atoms with Crippen LogP contribution < -0.4 is 10.6 Å². The van der Waals surface area contributed by atoms with Crippen molar-refractivity contribution in [3.63, 3.8) is 0 Å². The molecule has 1 saturated heterocycles. The van der Waals surface area contributed by atoms with Gasteiger partial charge in [0.1, 0.15) is 5.82 Å². The van der Waals surface area contributed by atoms with Crippen LogP contribution in [-0.4, -0.2) is 25.0 Å². The van der Waals surface area contributed by atoms with Gasteiger partial charge in [-0.25, -0.2) is 4.39 Å². The molecule has 1 aromatic rings. The lowest BCUT2D eigenvalue weighted by Gasteiger charge is -2.20. The molecular formula is C14H19FN2O. The number of benzene rings is 1. The molecule has 1 heterocycles. The topological polar surface area (TPSA) is 41.1 Å². The van der Waals surface area contributed by atoms with Crippen molar-refractivity contribution in [2.24, 2.45) is 5.92 Å². The number of carbonyl (C=O) groups is 1. The fourth-order valence-corrected chi connectivity index (χ4v) is 2.32. The summed E-state index contributed by atoms with van der Waals surface area (Å²) in [5.74, 6) is -0.354. The summed E-state index contributed by atoms with van der Waals surface area (Å²) >= 11 is 0. The minimum atomic E-state index is -0.463. The number of aryl methyl sites for hydroxylation is 1. The maximum atomic E-state index is 13.6. The van der Waals surface area contributed by atoms with Crippen LogP contribution in [0.4, 0.5) is 4.39 Å². The third-order valence-electron chi connectivity index (χ3n) is 3.53. The first-order valence-corrected chi connectivity index (χ1v) is 6.35. The molecule has 0 aromatic heterocycles. The number of rotatable bonds is 3.